The lowest BCUT2D eigenvalue weighted by atomic mass is 9.96. The van der Waals surface area contributed by atoms with E-state index in [4.69, 9.17) is 0 Å². The zero-order chi connectivity index (χ0) is 17.0. The van der Waals surface area contributed by atoms with Gasteiger partial charge in [-0.05, 0) is 31.0 Å². The van der Waals surface area contributed by atoms with Gasteiger partial charge in [0.1, 0.15) is 0 Å². The van der Waals surface area contributed by atoms with E-state index >= 15 is 0 Å². The summed E-state index contributed by atoms with van der Waals surface area (Å²) in [7, 11) is 0. The quantitative estimate of drug-likeness (QED) is 0.867. The highest BCUT2D eigenvalue weighted by atomic mass is 19.4. The van der Waals surface area contributed by atoms with Gasteiger partial charge in [-0.15, -0.1) is 5.10 Å². The predicted octanol–water partition coefficient (Wildman–Crippen LogP) is 4.38. The van der Waals surface area contributed by atoms with Crippen LogP contribution in [-0.4, -0.2) is 21.2 Å². The minimum Gasteiger partial charge on any atom is -0.366 e. The van der Waals surface area contributed by atoms with E-state index in [1.165, 1.54) is 37.6 Å². The molecule has 24 heavy (non-hydrogen) atoms. The highest BCUT2D eigenvalue weighted by Crippen LogP contribution is 2.31. The molecule has 8 heteroatoms. The average molecular weight is 337 g/mol. The molecule has 1 fully saturated rings. The molecule has 0 saturated heterocycles. The third-order valence-electron chi connectivity index (χ3n) is 3.96. The minimum absolute atomic E-state index is 0.162. The topological polar surface area (TPSA) is 62.7 Å². The lowest BCUT2D eigenvalue weighted by Gasteiger charge is -2.23. The van der Waals surface area contributed by atoms with Crippen molar-refractivity contribution >= 4 is 17.5 Å². The summed E-state index contributed by atoms with van der Waals surface area (Å²) >= 11 is 0. The Kier molecular flexibility index (Phi) is 4.82. The second-order valence-electron chi connectivity index (χ2n) is 5.85. The van der Waals surface area contributed by atoms with Crippen molar-refractivity contribution in [2.75, 3.05) is 10.6 Å². The van der Waals surface area contributed by atoms with E-state index in [2.05, 4.69) is 25.8 Å². The van der Waals surface area contributed by atoms with E-state index in [9.17, 15) is 13.2 Å². The van der Waals surface area contributed by atoms with Crippen LogP contribution in [0.15, 0.2) is 30.5 Å². The molecule has 0 atom stereocenters. The second-order valence-corrected chi connectivity index (χ2v) is 5.85. The van der Waals surface area contributed by atoms with E-state index < -0.39 is 11.7 Å². The standard InChI is InChI=1S/C16H18F3N5/c17-16(18,19)11-5-4-8-13(9-11)22-15-23-14(10-20-24-15)21-12-6-2-1-3-7-12/h4-5,8-10,12H,1-3,6-7H2,(H2,21,22,23,24). The molecule has 1 heterocycles. The maximum atomic E-state index is 12.7. The third-order valence-corrected chi connectivity index (χ3v) is 3.96. The first-order valence-corrected chi connectivity index (χ1v) is 7.91. The number of nitrogens with zero attached hydrogens (tertiary/aromatic N) is 3. The summed E-state index contributed by atoms with van der Waals surface area (Å²) in [6, 6.07) is 5.26. The summed E-state index contributed by atoms with van der Waals surface area (Å²) in [6.45, 7) is 0. The first-order valence-electron chi connectivity index (χ1n) is 7.91. The van der Waals surface area contributed by atoms with Crippen molar-refractivity contribution in [1.82, 2.24) is 15.2 Å². The molecular formula is C16H18F3N5. The Hall–Kier alpha value is -2.38. The Bertz CT molecular complexity index is 683. The molecule has 1 aromatic carbocycles. The molecule has 0 bridgehead atoms. The van der Waals surface area contributed by atoms with Crippen LogP contribution in [0.2, 0.25) is 0 Å². The van der Waals surface area contributed by atoms with E-state index in [0.717, 1.165) is 25.0 Å². The molecule has 1 aromatic heterocycles. The van der Waals surface area contributed by atoms with Crippen LogP contribution in [0.1, 0.15) is 37.7 Å². The van der Waals surface area contributed by atoms with Gasteiger partial charge in [-0.25, -0.2) is 0 Å². The Morgan fingerprint density at radius 3 is 2.62 bits per heavy atom. The van der Waals surface area contributed by atoms with Crippen LogP contribution in [0, 0.1) is 0 Å². The zero-order valence-corrected chi connectivity index (χ0v) is 13.0. The monoisotopic (exact) mass is 337 g/mol. The molecule has 0 unspecified atom stereocenters. The van der Waals surface area contributed by atoms with Crippen LogP contribution in [0.4, 0.5) is 30.6 Å². The molecule has 2 aromatic rings. The molecule has 3 rings (SSSR count). The van der Waals surface area contributed by atoms with Gasteiger partial charge in [0.05, 0.1) is 11.8 Å². The van der Waals surface area contributed by atoms with E-state index in [1.54, 1.807) is 0 Å². The fraction of sp³-hybridized carbons (Fsp3) is 0.438. The third kappa shape index (κ3) is 4.33. The Balaban J connectivity index is 1.70. The van der Waals surface area contributed by atoms with Gasteiger partial charge in [-0.2, -0.15) is 23.3 Å². The maximum Gasteiger partial charge on any atom is 0.416 e. The normalized spacial score (nSPS) is 16.0. The van der Waals surface area contributed by atoms with E-state index in [0.29, 0.717) is 11.9 Å². The molecule has 128 valence electrons. The summed E-state index contributed by atoms with van der Waals surface area (Å²) in [5, 5.41) is 13.8. The van der Waals surface area contributed by atoms with Crippen molar-refractivity contribution in [1.29, 1.82) is 0 Å². The summed E-state index contributed by atoms with van der Waals surface area (Å²) in [5.41, 5.74) is -0.460. The lowest BCUT2D eigenvalue weighted by Crippen LogP contribution is -2.23. The molecule has 1 saturated carbocycles. The van der Waals surface area contributed by atoms with Crippen molar-refractivity contribution in [2.45, 2.75) is 44.3 Å². The molecule has 0 amide bonds. The second kappa shape index (κ2) is 7.02. The molecular weight excluding hydrogens is 319 g/mol. The summed E-state index contributed by atoms with van der Waals surface area (Å²) in [6.07, 6.45) is 2.92. The number of hydrogen-bond acceptors (Lipinski definition) is 5. The summed E-state index contributed by atoms with van der Waals surface area (Å²) < 4.78 is 38.2. The highest BCUT2D eigenvalue weighted by Gasteiger charge is 2.30. The number of benzene rings is 1. The average Bonchev–Trinajstić information content (AvgIpc) is 2.56. The van der Waals surface area contributed by atoms with Crippen LogP contribution >= 0.6 is 0 Å². The molecule has 1 aliphatic rings. The summed E-state index contributed by atoms with van der Waals surface area (Å²) in [5.74, 6) is 0.738. The van der Waals surface area contributed by atoms with Crippen molar-refractivity contribution in [3.05, 3.63) is 36.0 Å². The molecule has 0 radical (unpaired) electrons. The van der Waals surface area contributed by atoms with E-state index in [-0.39, 0.29) is 11.6 Å². The van der Waals surface area contributed by atoms with Crippen LogP contribution in [0.25, 0.3) is 0 Å². The molecule has 1 aliphatic carbocycles. The van der Waals surface area contributed by atoms with Gasteiger partial charge >= 0.3 is 6.18 Å². The highest BCUT2D eigenvalue weighted by molar-refractivity contribution is 5.55. The number of hydrogen-bond donors (Lipinski definition) is 2. The van der Waals surface area contributed by atoms with Crippen molar-refractivity contribution in [3.63, 3.8) is 0 Å². The van der Waals surface area contributed by atoms with Crippen molar-refractivity contribution in [2.24, 2.45) is 0 Å². The zero-order valence-electron chi connectivity index (χ0n) is 13.0. The Morgan fingerprint density at radius 2 is 1.88 bits per heavy atom. The van der Waals surface area contributed by atoms with Gasteiger partial charge in [0.15, 0.2) is 5.82 Å². The van der Waals surface area contributed by atoms with Gasteiger partial charge in [0, 0.05) is 11.7 Å². The first-order chi connectivity index (χ1) is 11.5. The van der Waals surface area contributed by atoms with Crippen LogP contribution in [0.5, 0.6) is 0 Å². The molecule has 5 nitrogen and oxygen atoms in total. The van der Waals surface area contributed by atoms with Crippen molar-refractivity contribution in [3.8, 4) is 0 Å². The predicted molar refractivity (Wildman–Crippen MR) is 85.0 cm³/mol. The van der Waals surface area contributed by atoms with Gasteiger partial charge in [0.25, 0.3) is 0 Å². The van der Waals surface area contributed by atoms with Gasteiger partial charge in [0.2, 0.25) is 5.95 Å². The SMILES string of the molecule is FC(F)(F)c1cccc(Nc2nncc(NC3CCCCC3)n2)c1. The maximum absolute atomic E-state index is 12.7. The molecule has 2 N–H and O–H groups in total. The number of aromatic nitrogens is 3. The summed E-state index contributed by atoms with van der Waals surface area (Å²) in [4.78, 5) is 4.28. The largest absolute Gasteiger partial charge is 0.416 e. The van der Waals surface area contributed by atoms with Gasteiger partial charge in [-0.3, -0.25) is 0 Å². The Morgan fingerprint density at radius 1 is 1.08 bits per heavy atom. The number of nitrogens with one attached hydrogen (secondary N) is 2. The van der Waals surface area contributed by atoms with Gasteiger partial charge < -0.3 is 10.6 Å². The number of anilines is 3. The first kappa shape index (κ1) is 16.5. The van der Waals surface area contributed by atoms with E-state index in [1.807, 2.05) is 0 Å². The van der Waals surface area contributed by atoms with Gasteiger partial charge in [-0.1, -0.05) is 25.3 Å². The Labute approximate surface area is 137 Å². The van der Waals surface area contributed by atoms with Crippen LogP contribution in [-0.2, 0) is 6.18 Å². The smallest absolute Gasteiger partial charge is 0.366 e. The number of alkyl halides is 3. The number of rotatable bonds is 4. The number of halogens is 3. The molecule has 0 spiro atoms. The van der Waals surface area contributed by atoms with Crippen molar-refractivity contribution < 1.29 is 13.2 Å². The fourth-order valence-electron chi connectivity index (χ4n) is 2.78. The van der Waals surface area contributed by atoms with Crippen LogP contribution in [0.3, 0.4) is 0 Å². The molecule has 0 aliphatic heterocycles. The van der Waals surface area contributed by atoms with Crippen LogP contribution < -0.4 is 10.6 Å². The minimum atomic E-state index is -4.39. The lowest BCUT2D eigenvalue weighted by molar-refractivity contribution is -0.137. The fourth-order valence-corrected chi connectivity index (χ4v) is 2.78.